The molecule has 1 heterocycles. The lowest BCUT2D eigenvalue weighted by atomic mass is 9.97. The zero-order chi connectivity index (χ0) is 27.0. The van der Waals surface area contributed by atoms with E-state index in [0.717, 1.165) is 17.7 Å². The van der Waals surface area contributed by atoms with Crippen molar-refractivity contribution < 1.29 is 32.3 Å². The summed E-state index contributed by atoms with van der Waals surface area (Å²) in [5, 5.41) is 2.55. The van der Waals surface area contributed by atoms with Gasteiger partial charge in [-0.15, -0.1) is 0 Å². The van der Waals surface area contributed by atoms with E-state index in [9.17, 15) is 27.6 Å². The lowest BCUT2D eigenvalue weighted by Crippen LogP contribution is -2.43. The Kier molecular flexibility index (Phi) is 9.54. The number of piperidine rings is 1. The van der Waals surface area contributed by atoms with E-state index in [1.807, 2.05) is 30.3 Å². The number of amides is 3. The molecule has 1 fully saturated rings. The highest BCUT2D eigenvalue weighted by atomic mass is 19.4. The molecule has 0 bridgehead atoms. The van der Waals surface area contributed by atoms with Crippen molar-refractivity contribution in [2.24, 2.45) is 5.92 Å². The fourth-order valence-electron chi connectivity index (χ4n) is 4.35. The van der Waals surface area contributed by atoms with Gasteiger partial charge in [-0.2, -0.15) is 13.2 Å². The molecule has 10 heteroatoms. The van der Waals surface area contributed by atoms with E-state index < -0.39 is 23.8 Å². The lowest BCUT2D eigenvalue weighted by Gasteiger charge is -2.33. The number of hydrogen-bond donors (Lipinski definition) is 1. The van der Waals surface area contributed by atoms with Gasteiger partial charge in [-0.3, -0.25) is 9.59 Å². The SMILES string of the molecule is CCOC(=O)C1CCN(C(=O)CCN(C(=O)Nc2cccc(C(F)(F)F)c2)C(C)c2ccccc2)CC1. The molecule has 0 radical (unpaired) electrons. The molecule has 2 aromatic carbocycles. The number of carbonyl (C=O) groups is 3. The third kappa shape index (κ3) is 7.71. The number of rotatable bonds is 8. The Hall–Kier alpha value is -3.56. The highest BCUT2D eigenvalue weighted by molar-refractivity contribution is 5.90. The Balaban J connectivity index is 1.68. The average Bonchev–Trinajstić information content (AvgIpc) is 2.89. The molecule has 0 aliphatic carbocycles. The summed E-state index contributed by atoms with van der Waals surface area (Å²) in [5.41, 5.74) is -0.0313. The fourth-order valence-corrected chi connectivity index (χ4v) is 4.35. The fraction of sp³-hybridized carbons (Fsp3) is 0.444. The maximum atomic E-state index is 13.2. The Labute approximate surface area is 214 Å². The van der Waals surface area contributed by atoms with E-state index in [1.54, 1.807) is 18.7 Å². The quantitative estimate of drug-likeness (QED) is 0.468. The number of urea groups is 1. The van der Waals surface area contributed by atoms with Crippen molar-refractivity contribution in [1.29, 1.82) is 0 Å². The predicted octanol–water partition coefficient (Wildman–Crippen LogP) is 5.49. The summed E-state index contributed by atoms with van der Waals surface area (Å²) in [6.07, 6.45) is -3.46. The normalized spacial score (nSPS) is 15.1. The minimum atomic E-state index is -4.54. The van der Waals surface area contributed by atoms with E-state index in [2.05, 4.69) is 5.32 Å². The number of hydrogen-bond acceptors (Lipinski definition) is 4. The summed E-state index contributed by atoms with van der Waals surface area (Å²) in [4.78, 5) is 41.2. The number of anilines is 1. The summed E-state index contributed by atoms with van der Waals surface area (Å²) in [6.45, 7) is 4.78. The van der Waals surface area contributed by atoms with Crippen LogP contribution in [0.15, 0.2) is 54.6 Å². The van der Waals surface area contributed by atoms with E-state index in [-0.39, 0.29) is 36.4 Å². The number of halogens is 3. The molecule has 1 saturated heterocycles. The molecule has 0 aromatic heterocycles. The third-order valence-corrected chi connectivity index (χ3v) is 6.49. The first kappa shape index (κ1) is 28.0. The second-order valence-electron chi connectivity index (χ2n) is 8.95. The van der Waals surface area contributed by atoms with Crippen molar-refractivity contribution in [3.8, 4) is 0 Å². The van der Waals surface area contributed by atoms with Crippen LogP contribution in [0.1, 0.15) is 50.3 Å². The molecule has 7 nitrogen and oxygen atoms in total. The van der Waals surface area contributed by atoms with Crippen LogP contribution in [-0.2, 0) is 20.5 Å². The van der Waals surface area contributed by atoms with Crippen molar-refractivity contribution in [2.75, 3.05) is 31.6 Å². The van der Waals surface area contributed by atoms with Gasteiger partial charge in [0.15, 0.2) is 0 Å². The second-order valence-corrected chi connectivity index (χ2v) is 8.95. The zero-order valence-corrected chi connectivity index (χ0v) is 21.0. The Morgan fingerprint density at radius 2 is 1.76 bits per heavy atom. The molecule has 1 unspecified atom stereocenters. The number of nitrogens with zero attached hydrogens (tertiary/aromatic N) is 2. The molecule has 3 amide bonds. The summed E-state index contributed by atoms with van der Waals surface area (Å²) >= 11 is 0. The maximum absolute atomic E-state index is 13.2. The standard InChI is InChI=1S/C27H32F3N3O4/c1-3-37-25(35)21-12-15-32(16-13-21)24(34)14-17-33(19(2)20-8-5-4-6-9-20)26(36)31-23-11-7-10-22(18-23)27(28,29)30/h4-11,18-19,21H,3,12-17H2,1-2H3,(H,31,36). The van der Waals surface area contributed by atoms with Gasteiger partial charge in [0, 0.05) is 31.7 Å². The summed E-state index contributed by atoms with van der Waals surface area (Å²) in [7, 11) is 0. The van der Waals surface area contributed by atoms with Gasteiger partial charge in [0.2, 0.25) is 5.91 Å². The van der Waals surface area contributed by atoms with E-state index in [1.165, 1.54) is 17.0 Å². The Morgan fingerprint density at radius 3 is 2.38 bits per heavy atom. The smallest absolute Gasteiger partial charge is 0.416 e. The van der Waals surface area contributed by atoms with Crippen LogP contribution in [0.3, 0.4) is 0 Å². The van der Waals surface area contributed by atoms with Gasteiger partial charge in [-0.1, -0.05) is 36.4 Å². The number of carbonyl (C=O) groups excluding carboxylic acids is 3. The molecule has 1 aliphatic heterocycles. The van der Waals surface area contributed by atoms with Gasteiger partial charge in [-0.05, 0) is 50.5 Å². The van der Waals surface area contributed by atoms with Crippen LogP contribution in [-0.4, -0.2) is 53.9 Å². The molecule has 2 aromatic rings. The third-order valence-electron chi connectivity index (χ3n) is 6.49. The predicted molar refractivity (Wildman–Crippen MR) is 133 cm³/mol. The van der Waals surface area contributed by atoms with Crippen LogP contribution in [0.2, 0.25) is 0 Å². The minimum Gasteiger partial charge on any atom is -0.466 e. The largest absolute Gasteiger partial charge is 0.466 e. The summed E-state index contributed by atoms with van der Waals surface area (Å²) in [6, 6.07) is 12.6. The summed E-state index contributed by atoms with van der Waals surface area (Å²) in [5.74, 6) is -0.625. The summed E-state index contributed by atoms with van der Waals surface area (Å²) < 4.78 is 44.4. The number of likely N-dealkylation sites (tertiary alicyclic amines) is 1. The van der Waals surface area contributed by atoms with Crippen molar-refractivity contribution in [3.05, 3.63) is 65.7 Å². The molecule has 1 aliphatic rings. The number of ether oxygens (including phenoxy) is 1. The highest BCUT2D eigenvalue weighted by Gasteiger charge is 2.32. The van der Waals surface area contributed by atoms with E-state index in [0.29, 0.717) is 32.5 Å². The van der Waals surface area contributed by atoms with Gasteiger partial charge in [-0.25, -0.2) is 4.79 Å². The van der Waals surface area contributed by atoms with Gasteiger partial charge in [0.05, 0.1) is 24.1 Å². The number of esters is 1. The van der Waals surface area contributed by atoms with Crippen molar-refractivity contribution in [3.63, 3.8) is 0 Å². The van der Waals surface area contributed by atoms with Crippen LogP contribution in [0.4, 0.5) is 23.7 Å². The van der Waals surface area contributed by atoms with Crippen molar-refractivity contribution >= 4 is 23.6 Å². The van der Waals surface area contributed by atoms with Crippen LogP contribution < -0.4 is 5.32 Å². The van der Waals surface area contributed by atoms with Crippen LogP contribution >= 0.6 is 0 Å². The molecule has 37 heavy (non-hydrogen) atoms. The second kappa shape index (κ2) is 12.6. The molecule has 0 saturated carbocycles. The molecule has 1 N–H and O–H groups in total. The molecular formula is C27H32F3N3O4. The number of nitrogens with one attached hydrogen (secondary N) is 1. The van der Waals surface area contributed by atoms with Gasteiger partial charge >= 0.3 is 18.2 Å². The minimum absolute atomic E-state index is 0.0115. The van der Waals surface area contributed by atoms with Crippen molar-refractivity contribution in [2.45, 2.75) is 45.3 Å². The van der Waals surface area contributed by atoms with Crippen molar-refractivity contribution in [1.82, 2.24) is 9.80 Å². The monoisotopic (exact) mass is 519 g/mol. The first-order valence-corrected chi connectivity index (χ1v) is 12.3. The number of benzene rings is 2. The van der Waals surface area contributed by atoms with Gasteiger partial charge in [0.25, 0.3) is 0 Å². The Morgan fingerprint density at radius 1 is 1.08 bits per heavy atom. The Bertz CT molecular complexity index is 1070. The average molecular weight is 520 g/mol. The maximum Gasteiger partial charge on any atom is 0.416 e. The van der Waals surface area contributed by atoms with Crippen LogP contribution in [0.25, 0.3) is 0 Å². The van der Waals surface area contributed by atoms with E-state index >= 15 is 0 Å². The van der Waals surface area contributed by atoms with Crippen LogP contribution in [0.5, 0.6) is 0 Å². The molecule has 3 rings (SSSR count). The first-order valence-electron chi connectivity index (χ1n) is 12.3. The van der Waals surface area contributed by atoms with E-state index in [4.69, 9.17) is 4.74 Å². The number of alkyl halides is 3. The zero-order valence-electron chi connectivity index (χ0n) is 21.0. The molecule has 1 atom stereocenters. The molecular weight excluding hydrogens is 487 g/mol. The highest BCUT2D eigenvalue weighted by Crippen LogP contribution is 2.31. The van der Waals surface area contributed by atoms with Gasteiger partial charge in [0.1, 0.15) is 0 Å². The molecule has 200 valence electrons. The molecule has 0 spiro atoms. The topological polar surface area (TPSA) is 79.0 Å². The van der Waals surface area contributed by atoms with Gasteiger partial charge < -0.3 is 19.9 Å². The van der Waals surface area contributed by atoms with Crippen LogP contribution in [0, 0.1) is 5.92 Å². The lowest BCUT2D eigenvalue weighted by molar-refractivity contribution is -0.151. The first-order chi connectivity index (χ1) is 17.6.